The highest BCUT2D eigenvalue weighted by molar-refractivity contribution is 9.10. The van der Waals surface area contributed by atoms with Crippen LogP contribution in [0.2, 0.25) is 0 Å². The number of methoxy groups -OCH3 is 1. The third-order valence-electron chi connectivity index (χ3n) is 3.11. The van der Waals surface area contributed by atoms with Crippen molar-refractivity contribution in [2.45, 2.75) is 13.0 Å². The Morgan fingerprint density at radius 1 is 1.40 bits per heavy atom. The lowest BCUT2D eigenvalue weighted by atomic mass is 10.1. The molecule has 0 radical (unpaired) electrons. The molecule has 0 aliphatic carbocycles. The summed E-state index contributed by atoms with van der Waals surface area (Å²) in [7, 11) is 1.31. The third-order valence-corrected chi connectivity index (χ3v) is 3.56. The van der Waals surface area contributed by atoms with Crippen molar-refractivity contribution in [1.82, 2.24) is 4.90 Å². The van der Waals surface area contributed by atoms with Gasteiger partial charge >= 0.3 is 5.97 Å². The molecule has 0 saturated carbocycles. The number of amides is 1. The van der Waals surface area contributed by atoms with Crippen molar-refractivity contribution in [3.63, 3.8) is 0 Å². The first-order valence-corrected chi connectivity index (χ1v) is 7.06. The van der Waals surface area contributed by atoms with Gasteiger partial charge in [0, 0.05) is 16.6 Å². The molecule has 1 fully saturated rings. The Bertz CT molecular complexity index is 512. The first-order valence-electron chi connectivity index (χ1n) is 6.27. The lowest BCUT2D eigenvalue weighted by Crippen LogP contribution is -2.48. The summed E-state index contributed by atoms with van der Waals surface area (Å²) in [5.74, 6) is -0.556. The van der Waals surface area contributed by atoms with Gasteiger partial charge in [-0.2, -0.15) is 0 Å². The van der Waals surface area contributed by atoms with Crippen LogP contribution in [0.3, 0.4) is 0 Å². The molecule has 1 amide bonds. The van der Waals surface area contributed by atoms with E-state index in [1.54, 1.807) is 11.0 Å². The minimum atomic E-state index is -0.703. The summed E-state index contributed by atoms with van der Waals surface area (Å²) < 4.78 is 10.8. The number of carbonyl (C=O) groups is 2. The number of rotatable bonds is 2. The van der Waals surface area contributed by atoms with Crippen LogP contribution in [0, 0.1) is 6.92 Å². The second-order valence-corrected chi connectivity index (χ2v) is 5.57. The number of hydrogen-bond donors (Lipinski definition) is 0. The molecule has 1 atom stereocenters. The molecule has 1 unspecified atom stereocenters. The molecule has 1 aromatic rings. The summed E-state index contributed by atoms with van der Waals surface area (Å²) in [5.41, 5.74) is 1.60. The maximum absolute atomic E-state index is 12.5. The van der Waals surface area contributed by atoms with E-state index in [0.717, 1.165) is 10.0 Å². The second-order valence-electron chi connectivity index (χ2n) is 4.65. The fourth-order valence-corrected chi connectivity index (χ4v) is 2.76. The fourth-order valence-electron chi connectivity index (χ4n) is 2.15. The highest BCUT2D eigenvalue weighted by Gasteiger charge is 2.30. The van der Waals surface area contributed by atoms with E-state index in [4.69, 9.17) is 4.74 Å². The Labute approximate surface area is 126 Å². The number of benzene rings is 1. The molecule has 0 aromatic heterocycles. The van der Waals surface area contributed by atoms with E-state index >= 15 is 0 Å². The summed E-state index contributed by atoms with van der Waals surface area (Å²) >= 11 is 3.38. The zero-order valence-corrected chi connectivity index (χ0v) is 13.0. The van der Waals surface area contributed by atoms with E-state index in [9.17, 15) is 9.59 Å². The van der Waals surface area contributed by atoms with Crippen LogP contribution in [0.15, 0.2) is 22.7 Å². The lowest BCUT2D eigenvalue weighted by molar-refractivity contribution is -0.158. The smallest absolute Gasteiger partial charge is 0.336 e. The van der Waals surface area contributed by atoms with Gasteiger partial charge in [0.05, 0.1) is 20.3 Å². The predicted octanol–water partition coefficient (Wildman–Crippen LogP) is 1.77. The summed E-state index contributed by atoms with van der Waals surface area (Å²) in [6, 6.07) is 5.54. The van der Waals surface area contributed by atoms with Crippen LogP contribution < -0.4 is 0 Å². The zero-order chi connectivity index (χ0) is 14.7. The van der Waals surface area contributed by atoms with Crippen molar-refractivity contribution < 1.29 is 19.1 Å². The second kappa shape index (κ2) is 6.37. The average Bonchev–Trinajstić information content (AvgIpc) is 2.44. The third kappa shape index (κ3) is 3.37. The highest BCUT2D eigenvalue weighted by Crippen LogP contribution is 2.18. The first-order chi connectivity index (χ1) is 9.51. The number of morpholine rings is 1. The van der Waals surface area contributed by atoms with E-state index in [2.05, 4.69) is 20.7 Å². The minimum Gasteiger partial charge on any atom is -0.467 e. The van der Waals surface area contributed by atoms with Gasteiger partial charge in [-0.15, -0.1) is 0 Å². The standard InChI is InChI=1S/C14H16BrNO4/c1-9-5-10(7-11(15)6-9)13(17)16-3-4-20-12(8-16)14(18)19-2/h5-7,12H,3-4,8H2,1-2H3. The normalized spacial score (nSPS) is 18.8. The molecular formula is C14H16BrNO4. The molecule has 6 heteroatoms. The molecule has 20 heavy (non-hydrogen) atoms. The van der Waals surface area contributed by atoms with Gasteiger partial charge in [-0.25, -0.2) is 4.79 Å². The number of esters is 1. The van der Waals surface area contributed by atoms with Gasteiger partial charge in [0.15, 0.2) is 6.10 Å². The van der Waals surface area contributed by atoms with Gasteiger partial charge in [0.25, 0.3) is 5.91 Å². The van der Waals surface area contributed by atoms with Crippen LogP contribution in [-0.2, 0) is 14.3 Å². The van der Waals surface area contributed by atoms with E-state index < -0.39 is 12.1 Å². The Morgan fingerprint density at radius 3 is 2.80 bits per heavy atom. The summed E-state index contributed by atoms with van der Waals surface area (Å²) in [6.07, 6.45) is -0.703. The molecule has 1 heterocycles. The van der Waals surface area contributed by atoms with Crippen LogP contribution in [0.5, 0.6) is 0 Å². The molecule has 1 saturated heterocycles. The van der Waals surface area contributed by atoms with E-state index in [1.807, 2.05) is 19.1 Å². The van der Waals surface area contributed by atoms with Crippen molar-refractivity contribution in [2.24, 2.45) is 0 Å². The molecule has 0 bridgehead atoms. The molecule has 1 aliphatic heterocycles. The molecule has 0 spiro atoms. The minimum absolute atomic E-state index is 0.105. The van der Waals surface area contributed by atoms with Crippen molar-refractivity contribution in [2.75, 3.05) is 26.8 Å². The lowest BCUT2D eigenvalue weighted by Gasteiger charge is -2.31. The van der Waals surface area contributed by atoms with Gasteiger partial charge < -0.3 is 14.4 Å². The summed E-state index contributed by atoms with van der Waals surface area (Å²) in [6.45, 7) is 2.95. The van der Waals surface area contributed by atoms with Crippen LogP contribution >= 0.6 is 15.9 Å². The fraction of sp³-hybridized carbons (Fsp3) is 0.429. The number of hydrogen-bond acceptors (Lipinski definition) is 4. The Morgan fingerprint density at radius 2 is 2.15 bits per heavy atom. The Hall–Kier alpha value is -1.40. The summed E-state index contributed by atoms with van der Waals surface area (Å²) in [5, 5.41) is 0. The van der Waals surface area contributed by atoms with Crippen LogP contribution in [0.4, 0.5) is 0 Å². The van der Waals surface area contributed by atoms with Crippen molar-refractivity contribution in [1.29, 1.82) is 0 Å². The number of aryl methyl sites for hydroxylation is 1. The zero-order valence-electron chi connectivity index (χ0n) is 11.4. The van der Waals surface area contributed by atoms with Gasteiger partial charge in [-0.05, 0) is 30.7 Å². The largest absolute Gasteiger partial charge is 0.467 e. The number of carbonyl (C=O) groups excluding carboxylic acids is 2. The molecule has 1 aromatic carbocycles. The molecule has 1 aliphatic rings. The SMILES string of the molecule is COC(=O)C1CN(C(=O)c2cc(C)cc(Br)c2)CCO1. The number of nitrogens with zero attached hydrogens (tertiary/aromatic N) is 1. The number of ether oxygens (including phenoxy) is 2. The van der Waals surface area contributed by atoms with Crippen molar-refractivity contribution in [3.8, 4) is 0 Å². The van der Waals surface area contributed by atoms with E-state index in [1.165, 1.54) is 7.11 Å². The monoisotopic (exact) mass is 341 g/mol. The Kier molecular flexibility index (Phi) is 4.77. The van der Waals surface area contributed by atoms with Gasteiger partial charge in [-0.3, -0.25) is 4.79 Å². The topological polar surface area (TPSA) is 55.8 Å². The molecular weight excluding hydrogens is 326 g/mol. The van der Waals surface area contributed by atoms with E-state index in [0.29, 0.717) is 18.7 Å². The van der Waals surface area contributed by atoms with Crippen LogP contribution in [-0.4, -0.2) is 49.7 Å². The predicted molar refractivity (Wildman–Crippen MR) is 76.5 cm³/mol. The van der Waals surface area contributed by atoms with Crippen LogP contribution in [0.1, 0.15) is 15.9 Å². The van der Waals surface area contributed by atoms with Crippen molar-refractivity contribution in [3.05, 3.63) is 33.8 Å². The quantitative estimate of drug-likeness (QED) is 0.769. The molecule has 0 N–H and O–H groups in total. The van der Waals surface area contributed by atoms with E-state index in [-0.39, 0.29) is 12.5 Å². The van der Waals surface area contributed by atoms with Gasteiger partial charge in [-0.1, -0.05) is 15.9 Å². The summed E-state index contributed by atoms with van der Waals surface area (Å²) in [4.78, 5) is 25.6. The van der Waals surface area contributed by atoms with Gasteiger partial charge in [0.1, 0.15) is 0 Å². The molecule has 108 valence electrons. The number of halogens is 1. The Balaban J connectivity index is 2.14. The molecule has 5 nitrogen and oxygen atoms in total. The highest BCUT2D eigenvalue weighted by atomic mass is 79.9. The first kappa shape index (κ1) is 15.0. The molecule has 2 rings (SSSR count). The van der Waals surface area contributed by atoms with Crippen molar-refractivity contribution >= 4 is 27.8 Å². The maximum Gasteiger partial charge on any atom is 0.336 e. The average molecular weight is 342 g/mol. The van der Waals surface area contributed by atoms with Crippen LogP contribution in [0.25, 0.3) is 0 Å². The maximum atomic E-state index is 12.5. The van der Waals surface area contributed by atoms with Gasteiger partial charge in [0.2, 0.25) is 0 Å².